The van der Waals surface area contributed by atoms with Crippen molar-refractivity contribution in [3.63, 3.8) is 0 Å². The van der Waals surface area contributed by atoms with E-state index in [0.717, 1.165) is 6.67 Å². The van der Waals surface area contributed by atoms with Crippen molar-refractivity contribution in [3.05, 3.63) is 12.4 Å². The summed E-state index contributed by atoms with van der Waals surface area (Å²) in [5.41, 5.74) is 0.430. The van der Waals surface area contributed by atoms with Gasteiger partial charge in [0.1, 0.15) is 0 Å². The van der Waals surface area contributed by atoms with Crippen LogP contribution in [-0.2, 0) is 0 Å². The third-order valence-electron chi connectivity index (χ3n) is 3.71. The van der Waals surface area contributed by atoms with E-state index in [1.165, 1.54) is 0 Å². The molecule has 0 saturated heterocycles. The van der Waals surface area contributed by atoms with Gasteiger partial charge in [0.25, 0.3) is 0 Å². The Morgan fingerprint density at radius 1 is 0.875 bits per heavy atom. The molecule has 1 rings (SSSR count). The van der Waals surface area contributed by atoms with Crippen molar-refractivity contribution in [2.45, 2.75) is 59.3 Å². The Morgan fingerprint density at radius 2 is 1.31 bits per heavy atom. The highest BCUT2D eigenvalue weighted by Gasteiger charge is 2.40. The molecule has 0 radical (unpaired) electrons. The number of hydrogen-bond donors (Lipinski definition) is 0. The van der Waals surface area contributed by atoms with Gasteiger partial charge in [0.05, 0.1) is 11.9 Å². The summed E-state index contributed by atoms with van der Waals surface area (Å²) in [4.78, 5) is 4.78. The van der Waals surface area contributed by atoms with Crippen LogP contribution < -0.4 is 0 Å². The second-order valence-corrected chi connectivity index (χ2v) is 8.07. The lowest BCUT2D eigenvalue weighted by Crippen LogP contribution is -2.50. The standard InChI is InChI=1S/C13H27N2P/c1-11(2,3)13(7,16)15-9-8-14(10-15)12(4,5)6/h8-9H,10,16H2,1-7H3. The molecule has 0 N–H and O–H groups in total. The molecule has 2 nitrogen and oxygen atoms in total. The molecular weight excluding hydrogens is 215 g/mol. The monoisotopic (exact) mass is 242 g/mol. The van der Waals surface area contributed by atoms with Crippen LogP contribution in [0.3, 0.4) is 0 Å². The molecule has 16 heavy (non-hydrogen) atoms. The molecule has 0 bridgehead atoms. The molecule has 0 aliphatic carbocycles. The van der Waals surface area contributed by atoms with Gasteiger partial charge >= 0.3 is 0 Å². The molecule has 0 aromatic rings. The number of nitrogens with zero attached hydrogens (tertiary/aromatic N) is 2. The third kappa shape index (κ3) is 2.53. The zero-order valence-electron chi connectivity index (χ0n) is 11.8. The molecule has 1 aliphatic rings. The van der Waals surface area contributed by atoms with Gasteiger partial charge in [0.15, 0.2) is 0 Å². The van der Waals surface area contributed by atoms with Crippen LogP contribution in [0, 0.1) is 5.41 Å². The first-order valence-electron chi connectivity index (χ1n) is 5.97. The maximum atomic E-state index is 3.01. The summed E-state index contributed by atoms with van der Waals surface area (Å²) in [6.07, 6.45) is 4.41. The van der Waals surface area contributed by atoms with Crippen LogP contribution in [-0.4, -0.2) is 27.3 Å². The predicted octanol–water partition coefficient (Wildman–Crippen LogP) is 3.47. The lowest BCUT2D eigenvalue weighted by atomic mass is 9.86. The zero-order chi connectivity index (χ0) is 12.8. The van der Waals surface area contributed by atoms with Gasteiger partial charge in [-0.25, -0.2) is 0 Å². The number of rotatable bonds is 1. The normalized spacial score (nSPS) is 21.5. The van der Waals surface area contributed by atoms with Crippen LogP contribution in [0.1, 0.15) is 48.5 Å². The lowest BCUT2D eigenvalue weighted by Gasteiger charge is -2.47. The molecule has 0 amide bonds. The van der Waals surface area contributed by atoms with E-state index < -0.39 is 0 Å². The minimum Gasteiger partial charge on any atom is -0.354 e. The molecule has 0 saturated carbocycles. The molecule has 1 aliphatic heterocycles. The first-order valence-corrected chi connectivity index (χ1v) is 6.55. The highest BCUT2D eigenvalue weighted by atomic mass is 31.0. The van der Waals surface area contributed by atoms with Gasteiger partial charge in [-0.05, 0) is 33.1 Å². The Morgan fingerprint density at radius 3 is 1.62 bits per heavy atom. The summed E-state index contributed by atoms with van der Waals surface area (Å²) in [6.45, 7) is 16.9. The summed E-state index contributed by atoms with van der Waals surface area (Å²) in [7, 11) is 3.01. The first-order chi connectivity index (χ1) is 6.96. The molecule has 94 valence electrons. The molecule has 3 heteroatoms. The van der Waals surface area contributed by atoms with Crippen molar-refractivity contribution in [2.24, 2.45) is 5.41 Å². The summed E-state index contributed by atoms with van der Waals surface area (Å²) in [6, 6.07) is 0. The highest BCUT2D eigenvalue weighted by Crippen LogP contribution is 2.42. The van der Waals surface area contributed by atoms with E-state index in [4.69, 9.17) is 0 Å². The van der Waals surface area contributed by atoms with E-state index in [2.05, 4.69) is 79.9 Å². The predicted molar refractivity (Wildman–Crippen MR) is 75.0 cm³/mol. The molecule has 0 aromatic carbocycles. The second kappa shape index (κ2) is 3.91. The summed E-state index contributed by atoms with van der Waals surface area (Å²) in [5.74, 6) is 0. The van der Waals surface area contributed by atoms with Crippen LogP contribution in [0.15, 0.2) is 12.4 Å². The SMILES string of the molecule is CC(C)(C)N1C=CN(C(C)(P)C(C)(C)C)C1. The molecule has 1 heterocycles. The number of hydrogen-bond acceptors (Lipinski definition) is 2. The Balaban J connectivity index is 2.79. The fraction of sp³-hybridized carbons (Fsp3) is 0.846. The van der Waals surface area contributed by atoms with Crippen LogP contribution in [0.2, 0.25) is 0 Å². The van der Waals surface area contributed by atoms with Crippen LogP contribution in [0.25, 0.3) is 0 Å². The van der Waals surface area contributed by atoms with Gasteiger partial charge in [0, 0.05) is 17.9 Å². The Labute approximate surface area is 103 Å². The van der Waals surface area contributed by atoms with Crippen molar-refractivity contribution in [1.29, 1.82) is 0 Å². The van der Waals surface area contributed by atoms with Crippen LogP contribution in [0.5, 0.6) is 0 Å². The Hall–Kier alpha value is -0.230. The smallest absolute Gasteiger partial charge is 0.0906 e. The van der Waals surface area contributed by atoms with Crippen molar-refractivity contribution >= 4 is 9.24 Å². The van der Waals surface area contributed by atoms with E-state index >= 15 is 0 Å². The molecular formula is C13H27N2P. The van der Waals surface area contributed by atoms with Gasteiger partial charge in [0.2, 0.25) is 0 Å². The third-order valence-corrected chi connectivity index (χ3v) is 4.91. The fourth-order valence-corrected chi connectivity index (χ4v) is 1.76. The Kier molecular flexibility index (Phi) is 3.38. The van der Waals surface area contributed by atoms with Crippen LogP contribution in [0.4, 0.5) is 0 Å². The molecule has 0 aromatic heterocycles. The van der Waals surface area contributed by atoms with E-state index in [-0.39, 0.29) is 16.2 Å². The highest BCUT2D eigenvalue weighted by molar-refractivity contribution is 7.18. The summed E-state index contributed by atoms with van der Waals surface area (Å²) in [5, 5.41) is 0.0868. The average Bonchev–Trinajstić information content (AvgIpc) is 2.47. The van der Waals surface area contributed by atoms with Crippen molar-refractivity contribution in [1.82, 2.24) is 9.80 Å². The quantitative estimate of drug-likeness (QED) is 0.650. The van der Waals surface area contributed by atoms with Gasteiger partial charge in [-0.1, -0.05) is 20.8 Å². The molecule has 0 fully saturated rings. The molecule has 2 atom stereocenters. The second-order valence-electron chi connectivity index (χ2n) is 6.95. The minimum absolute atomic E-state index is 0.0868. The van der Waals surface area contributed by atoms with Gasteiger partial charge in [-0.2, -0.15) is 0 Å². The van der Waals surface area contributed by atoms with E-state index in [0.29, 0.717) is 0 Å². The fourth-order valence-electron chi connectivity index (χ4n) is 1.59. The van der Waals surface area contributed by atoms with Gasteiger partial charge in [-0.3, -0.25) is 0 Å². The van der Waals surface area contributed by atoms with Gasteiger partial charge < -0.3 is 9.80 Å². The van der Waals surface area contributed by atoms with Crippen molar-refractivity contribution in [2.75, 3.05) is 6.67 Å². The zero-order valence-corrected chi connectivity index (χ0v) is 13.0. The topological polar surface area (TPSA) is 6.48 Å². The van der Waals surface area contributed by atoms with Crippen molar-refractivity contribution < 1.29 is 0 Å². The largest absolute Gasteiger partial charge is 0.354 e. The maximum Gasteiger partial charge on any atom is 0.0906 e. The van der Waals surface area contributed by atoms with Gasteiger partial charge in [-0.15, -0.1) is 9.24 Å². The van der Waals surface area contributed by atoms with Crippen LogP contribution >= 0.6 is 9.24 Å². The minimum atomic E-state index is 0.0868. The first kappa shape index (κ1) is 13.8. The van der Waals surface area contributed by atoms with E-state index in [1.54, 1.807) is 0 Å². The average molecular weight is 242 g/mol. The van der Waals surface area contributed by atoms with Crippen molar-refractivity contribution in [3.8, 4) is 0 Å². The maximum absolute atomic E-state index is 3.01. The molecule has 0 spiro atoms. The van der Waals surface area contributed by atoms with E-state index in [9.17, 15) is 0 Å². The summed E-state index contributed by atoms with van der Waals surface area (Å²) < 4.78 is 0. The molecule has 2 unspecified atom stereocenters. The van der Waals surface area contributed by atoms with E-state index in [1.807, 2.05) is 0 Å². The summed E-state index contributed by atoms with van der Waals surface area (Å²) >= 11 is 0. The lowest BCUT2D eigenvalue weighted by molar-refractivity contribution is 0.0776. The Bertz CT molecular complexity index is 281.